The van der Waals surface area contributed by atoms with E-state index in [0.29, 0.717) is 5.69 Å². The molecule has 0 fully saturated rings. The SMILES string of the molecule is CC(C(=O)NCc1ccccn1)N(c1cccc(F)c1)S(C)(=O)=O. The van der Waals surface area contributed by atoms with Crippen LogP contribution in [0.3, 0.4) is 0 Å². The molecule has 2 aromatic rings. The number of rotatable bonds is 6. The van der Waals surface area contributed by atoms with Gasteiger partial charge in [0.05, 0.1) is 24.2 Å². The Kier molecular flexibility index (Phi) is 5.50. The molecule has 0 aliphatic heterocycles. The summed E-state index contributed by atoms with van der Waals surface area (Å²) in [7, 11) is -3.77. The van der Waals surface area contributed by atoms with E-state index in [-0.39, 0.29) is 12.2 Å². The van der Waals surface area contributed by atoms with E-state index in [9.17, 15) is 17.6 Å². The Labute approximate surface area is 140 Å². The van der Waals surface area contributed by atoms with Gasteiger partial charge in [0, 0.05) is 6.20 Å². The molecule has 0 saturated carbocycles. The van der Waals surface area contributed by atoms with Crippen molar-refractivity contribution in [3.05, 3.63) is 60.2 Å². The van der Waals surface area contributed by atoms with Crippen molar-refractivity contribution in [3.63, 3.8) is 0 Å². The highest BCUT2D eigenvalue weighted by atomic mass is 32.2. The second-order valence-corrected chi connectivity index (χ2v) is 7.11. The molecule has 0 aliphatic rings. The minimum atomic E-state index is -3.77. The topological polar surface area (TPSA) is 79.4 Å². The van der Waals surface area contributed by atoms with Gasteiger partial charge in [-0.05, 0) is 37.3 Å². The molecule has 1 unspecified atom stereocenters. The Balaban J connectivity index is 2.19. The summed E-state index contributed by atoms with van der Waals surface area (Å²) >= 11 is 0. The Morgan fingerprint density at radius 1 is 1.29 bits per heavy atom. The number of aromatic nitrogens is 1. The molecule has 1 atom stereocenters. The molecular weight excluding hydrogens is 333 g/mol. The van der Waals surface area contributed by atoms with Crippen molar-refractivity contribution in [2.75, 3.05) is 10.6 Å². The third kappa shape index (κ3) is 4.51. The van der Waals surface area contributed by atoms with Crippen molar-refractivity contribution >= 4 is 21.6 Å². The molecule has 6 nitrogen and oxygen atoms in total. The van der Waals surface area contributed by atoms with Crippen molar-refractivity contribution in [2.24, 2.45) is 0 Å². The van der Waals surface area contributed by atoms with Crippen molar-refractivity contribution in [2.45, 2.75) is 19.5 Å². The zero-order chi connectivity index (χ0) is 17.7. The summed E-state index contributed by atoms with van der Waals surface area (Å²) in [6, 6.07) is 9.35. The lowest BCUT2D eigenvalue weighted by molar-refractivity contribution is -0.122. The molecule has 24 heavy (non-hydrogen) atoms. The van der Waals surface area contributed by atoms with Gasteiger partial charge in [0.2, 0.25) is 15.9 Å². The number of anilines is 1. The zero-order valence-corrected chi connectivity index (χ0v) is 14.1. The van der Waals surface area contributed by atoms with Crippen molar-refractivity contribution < 1.29 is 17.6 Å². The first-order chi connectivity index (χ1) is 11.3. The van der Waals surface area contributed by atoms with Crippen LogP contribution in [0.4, 0.5) is 10.1 Å². The average Bonchev–Trinajstić information content (AvgIpc) is 2.52. The number of benzene rings is 1. The molecule has 0 radical (unpaired) electrons. The van der Waals surface area contributed by atoms with Gasteiger partial charge in [0.1, 0.15) is 11.9 Å². The highest BCUT2D eigenvalue weighted by Crippen LogP contribution is 2.21. The van der Waals surface area contributed by atoms with Gasteiger partial charge in [-0.15, -0.1) is 0 Å². The number of pyridine rings is 1. The number of nitrogens with zero attached hydrogens (tertiary/aromatic N) is 2. The maximum absolute atomic E-state index is 13.4. The second kappa shape index (κ2) is 7.39. The van der Waals surface area contributed by atoms with E-state index in [1.807, 2.05) is 0 Å². The van der Waals surface area contributed by atoms with Crippen LogP contribution in [0.1, 0.15) is 12.6 Å². The minimum absolute atomic E-state index is 0.0954. The molecule has 8 heteroatoms. The molecule has 2 rings (SSSR count). The van der Waals surface area contributed by atoms with Gasteiger partial charge in [-0.2, -0.15) is 0 Å². The smallest absolute Gasteiger partial charge is 0.243 e. The fourth-order valence-corrected chi connectivity index (χ4v) is 3.42. The average molecular weight is 351 g/mol. The van der Waals surface area contributed by atoms with Gasteiger partial charge in [0.15, 0.2) is 0 Å². The Hall–Kier alpha value is -2.48. The summed E-state index contributed by atoms with van der Waals surface area (Å²) in [6.07, 6.45) is 2.57. The molecule has 1 amide bonds. The van der Waals surface area contributed by atoms with Gasteiger partial charge in [-0.3, -0.25) is 14.1 Å². The fourth-order valence-electron chi connectivity index (χ4n) is 2.25. The molecular formula is C16H18FN3O3S. The summed E-state index contributed by atoms with van der Waals surface area (Å²) in [6.45, 7) is 1.62. The molecule has 1 aromatic heterocycles. The molecule has 1 heterocycles. The summed E-state index contributed by atoms with van der Waals surface area (Å²) in [5.74, 6) is -1.09. The maximum Gasteiger partial charge on any atom is 0.243 e. The number of carbonyl (C=O) groups is 1. The summed E-state index contributed by atoms with van der Waals surface area (Å²) in [5, 5.41) is 2.63. The van der Waals surface area contributed by atoms with Crippen molar-refractivity contribution in [1.29, 1.82) is 0 Å². The molecule has 128 valence electrons. The number of halogens is 1. The standard InChI is InChI=1S/C16H18FN3O3S/c1-12(16(21)19-11-14-7-3-4-9-18-14)20(24(2,22)23)15-8-5-6-13(17)10-15/h3-10,12H,11H2,1-2H3,(H,19,21). The first kappa shape index (κ1) is 17.9. The van der Waals surface area contributed by atoms with E-state index in [4.69, 9.17) is 0 Å². The van der Waals surface area contributed by atoms with Crippen LogP contribution < -0.4 is 9.62 Å². The maximum atomic E-state index is 13.4. The predicted octanol–water partition coefficient (Wildman–Crippen LogP) is 1.69. The van der Waals surface area contributed by atoms with Crippen LogP contribution in [0, 0.1) is 5.82 Å². The summed E-state index contributed by atoms with van der Waals surface area (Å²) in [4.78, 5) is 16.4. The van der Waals surface area contributed by atoms with Crippen LogP contribution in [0.5, 0.6) is 0 Å². The van der Waals surface area contributed by atoms with Crippen LogP contribution in [-0.2, 0) is 21.4 Å². The van der Waals surface area contributed by atoms with Crippen LogP contribution in [0.25, 0.3) is 0 Å². The number of hydrogen-bond acceptors (Lipinski definition) is 4. The predicted molar refractivity (Wildman–Crippen MR) is 89.3 cm³/mol. The number of carbonyl (C=O) groups excluding carboxylic acids is 1. The van der Waals surface area contributed by atoms with Gasteiger partial charge >= 0.3 is 0 Å². The molecule has 0 spiro atoms. The Bertz CT molecular complexity index is 812. The Morgan fingerprint density at radius 3 is 2.62 bits per heavy atom. The lowest BCUT2D eigenvalue weighted by Crippen LogP contribution is -2.47. The first-order valence-electron chi connectivity index (χ1n) is 7.21. The number of nitrogens with one attached hydrogen (secondary N) is 1. The number of amides is 1. The van der Waals surface area contributed by atoms with E-state index >= 15 is 0 Å². The number of hydrogen-bond donors (Lipinski definition) is 1. The van der Waals surface area contributed by atoms with E-state index in [1.54, 1.807) is 24.4 Å². The lowest BCUT2D eigenvalue weighted by atomic mass is 10.2. The third-order valence-corrected chi connectivity index (χ3v) is 4.56. The van der Waals surface area contributed by atoms with Gasteiger partial charge < -0.3 is 5.32 Å². The highest BCUT2D eigenvalue weighted by Gasteiger charge is 2.29. The lowest BCUT2D eigenvalue weighted by Gasteiger charge is -2.28. The highest BCUT2D eigenvalue weighted by molar-refractivity contribution is 7.92. The van der Waals surface area contributed by atoms with E-state index in [0.717, 1.165) is 16.6 Å². The normalized spacial score (nSPS) is 12.5. The summed E-state index contributed by atoms with van der Waals surface area (Å²) < 4.78 is 38.5. The quantitative estimate of drug-likeness (QED) is 0.859. The van der Waals surface area contributed by atoms with Crippen LogP contribution in [-0.4, -0.2) is 31.6 Å². The van der Waals surface area contributed by atoms with E-state index < -0.39 is 27.8 Å². The Morgan fingerprint density at radius 2 is 2.04 bits per heavy atom. The minimum Gasteiger partial charge on any atom is -0.349 e. The van der Waals surface area contributed by atoms with Gasteiger partial charge in [-0.25, -0.2) is 12.8 Å². The van der Waals surface area contributed by atoms with Crippen molar-refractivity contribution in [3.8, 4) is 0 Å². The molecule has 0 bridgehead atoms. The van der Waals surface area contributed by atoms with Crippen LogP contribution >= 0.6 is 0 Å². The first-order valence-corrected chi connectivity index (χ1v) is 9.06. The monoisotopic (exact) mass is 351 g/mol. The van der Waals surface area contributed by atoms with Crippen LogP contribution in [0.2, 0.25) is 0 Å². The van der Waals surface area contributed by atoms with Crippen molar-refractivity contribution in [1.82, 2.24) is 10.3 Å². The largest absolute Gasteiger partial charge is 0.349 e. The molecule has 1 aromatic carbocycles. The van der Waals surface area contributed by atoms with E-state index in [2.05, 4.69) is 10.3 Å². The number of sulfonamides is 1. The third-order valence-electron chi connectivity index (χ3n) is 3.32. The van der Waals surface area contributed by atoms with E-state index in [1.165, 1.54) is 25.1 Å². The van der Waals surface area contributed by atoms with Crippen LogP contribution in [0.15, 0.2) is 48.7 Å². The van der Waals surface area contributed by atoms with Gasteiger partial charge in [-0.1, -0.05) is 12.1 Å². The van der Waals surface area contributed by atoms with Gasteiger partial charge in [0.25, 0.3) is 0 Å². The molecule has 0 aliphatic carbocycles. The fraction of sp³-hybridized carbons (Fsp3) is 0.250. The summed E-state index contributed by atoms with van der Waals surface area (Å²) in [5.41, 5.74) is 0.743. The zero-order valence-electron chi connectivity index (χ0n) is 13.3. The molecule has 0 saturated heterocycles. The molecule has 1 N–H and O–H groups in total. The second-order valence-electron chi connectivity index (χ2n) is 5.25.